The molecule has 0 unspecified atom stereocenters. The molecule has 5 heteroatoms. The van der Waals surface area contributed by atoms with Gasteiger partial charge in [-0.05, 0) is 12.8 Å². The highest BCUT2D eigenvalue weighted by atomic mass is 16.3. The Morgan fingerprint density at radius 3 is 2.62 bits per heavy atom. The van der Waals surface area contributed by atoms with Crippen molar-refractivity contribution >= 4 is 5.91 Å². The summed E-state index contributed by atoms with van der Waals surface area (Å²) in [7, 11) is 1.77. The molecule has 1 rings (SSSR count). The SMILES string of the molecule is Cc1nn(C)cc1C(=O)N[C@H](CO)C(C)C. The lowest BCUT2D eigenvalue weighted by atomic mass is 10.1. The predicted octanol–water partition coefficient (Wildman–Crippen LogP) is 0.475. The maximum atomic E-state index is 11.9. The quantitative estimate of drug-likeness (QED) is 0.783. The normalized spacial score (nSPS) is 12.9. The van der Waals surface area contributed by atoms with Crippen molar-refractivity contribution in [3.63, 3.8) is 0 Å². The summed E-state index contributed by atoms with van der Waals surface area (Å²) in [6, 6.07) is -0.216. The van der Waals surface area contributed by atoms with E-state index in [0.717, 1.165) is 0 Å². The minimum atomic E-state index is -0.216. The van der Waals surface area contributed by atoms with Crippen LogP contribution in [0.25, 0.3) is 0 Å². The van der Waals surface area contributed by atoms with Crippen molar-refractivity contribution < 1.29 is 9.90 Å². The van der Waals surface area contributed by atoms with Gasteiger partial charge in [-0.1, -0.05) is 13.8 Å². The lowest BCUT2D eigenvalue weighted by Gasteiger charge is -2.19. The third-order valence-corrected chi connectivity index (χ3v) is 2.58. The molecule has 90 valence electrons. The lowest BCUT2D eigenvalue weighted by Crippen LogP contribution is -2.41. The zero-order valence-corrected chi connectivity index (χ0v) is 10.2. The van der Waals surface area contributed by atoms with Crippen molar-refractivity contribution in [1.29, 1.82) is 0 Å². The number of rotatable bonds is 4. The molecule has 2 N–H and O–H groups in total. The number of hydrogen-bond acceptors (Lipinski definition) is 3. The Bertz CT molecular complexity index is 371. The molecule has 1 amide bonds. The van der Waals surface area contributed by atoms with Gasteiger partial charge in [-0.15, -0.1) is 0 Å². The largest absolute Gasteiger partial charge is 0.394 e. The van der Waals surface area contributed by atoms with Crippen LogP contribution in [-0.2, 0) is 7.05 Å². The molecule has 1 atom stereocenters. The van der Waals surface area contributed by atoms with Crippen molar-refractivity contribution in [2.75, 3.05) is 6.61 Å². The highest BCUT2D eigenvalue weighted by molar-refractivity contribution is 5.95. The van der Waals surface area contributed by atoms with E-state index in [1.165, 1.54) is 0 Å². The molecule has 0 aliphatic rings. The van der Waals surface area contributed by atoms with Gasteiger partial charge in [-0.2, -0.15) is 5.10 Å². The fraction of sp³-hybridized carbons (Fsp3) is 0.636. The number of aliphatic hydroxyl groups is 1. The number of carbonyl (C=O) groups excluding carboxylic acids is 1. The molecule has 0 saturated heterocycles. The second-order valence-electron chi connectivity index (χ2n) is 4.31. The van der Waals surface area contributed by atoms with E-state index < -0.39 is 0 Å². The van der Waals surface area contributed by atoms with E-state index in [0.29, 0.717) is 11.3 Å². The first-order valence-corrected chi connectivity index (χ1v) is 5.37. The van der Waals surface area contributed by atoms with Gasteiger partial charge in [0, 0.05) is 13.2 Å². The molecule has 0 spiro atoms. The minimum Gasteiger partial charge on any atom is -0.394 e. The van der Waals surface area contributed by atoms with Gasteiger partial charge >= 0.3 is 0 Å². The minimum absolute atomic E-state index is 0.0529. The highest BCUT2D eigenvalue weighted by Gasteiger charge is 2.18. The molecule has 1 aromatic rings. The molecule has 0 saturated carbocycles. The average molecular weight is 225 g/mol. The number of nitrogens with zero attached hydrogens (tertiary/aromatic N) is 2. The first kappa shape index (κ1) is 12.7. The van der Waals surface area contributed by atoms with E-state index >= 15 is 0 Å². The number of carbonyl (C=O) groups is 1. The number of aromatic nitrogens is 2. The molecule has 16 heavy (non-hydrogen) atoms. The van der Waals surface area contributed by atoms with Gasteiger partial charge in [0.05, 0.1) is 23.9 Å². The summed E-state index contributed by atoms with van der Waals surface area (Å²) in [6.07, 6.45) is 1.68. The van der Waals surface area contributed by atoms with E-state index in [-0.39, 0.29) is 24.5 Å². The fourth-order valence-electron chi connectivity index (χ4n) is 1.49. The van der Waals surface area contributed by atoms with Gasteiger partial charge in [-0.3, -0.25) is 9.48 Å². The monoisotopic (exact) mass is 225 g/mol. The van der Waals surface area contributed by atoms with Gasteiger partial charge in [0.25, 0.3) is 5.91 Å². The van der Waals surface area contributed by atoms with E-state index in [2.05, 4.69) is 10.4 Å². The summed E-state index contributed by atoms with van der Waals surface area (Å²) >= 11 is 0. The summed E-state index contributed by atoms with van der Waals surface area (Å²) in [5.74, 6) is 0.0178. The maximum absolute atomic E-state index is 11.9. The zero-order chi connectivity index (χ0) is 12.3. The number of nitrogens with one attached hydrogen (secondary N) is 1. The number of aliphatic hydroxyl groups excluding tert-OH is 1. The van der Waals surface area contributed by atoms with Crippen LogP contribution in [0, 0.1) is 12.8 Å². The van der Waals surface area contributed by atoms with Crippen LogP contribution >= 0.6 is 0 Å². The fourth-order valence-corrected chi connectivity index (χ4v) is 1.49. The lowest BCUT2D eigenvalue weighted by molar-refractivity contribution is 0.0896. The van der Waals surface area contributed by atoms with Crippen molar-refractivity contribution in [3.05, 3.63) is 17.5 Å². The Labute approximate surface area is 95.5 Å². The Morgan fingerprint density at radius 1 is 1.62 bits per heavy atom. The summed E-state index contributed by atoms with van der Waals surface area (Å²) in [4.78, 5) is 11.9. The predicted molar refractivity (Wildman–Crippen MR) is 61.1 cm³/mol. The van der Waals surface area contributed by atoms with Crippen LogP contribution in [-0.4, -0.2) is 33.4 Å². The molecule has 0 aliphatic heterocycles. The Morgan fingerprint density at radius 2 is 2.25 bits per heavy atom. The molecule has 0 aromatic carbocycles. The summed E-state index contributed by atoms with van der Waals surface area (Å²) in [6.45, 7) is 5.65. The molecular formula is C11H19N3O2. The Kier molecular flexibility index (Phi) is 4.06. The zero-order valence-electron chi connectivity index (χ0n) is 10.2. The van der Waals surface area contributed by atoms with Crippen LogP contribution in [0.4, 0.5) is 0 Å². The third kappa shape index (κ3) is 2.82. The first-order valence-electron chi connectivity index (χ1n) is 5.37. The van der Waals surface area contributed by atoms with Gasteiger partial charge in [-0.25, -0.2) is 0 Å². The maximum Gasteiger partial charge on any atom is 0.255 e. The number of hydrogen-bond donors (Lipinski definition) is 2. The molecule has 0 aliphatic carbocycles. The van der Waals surface area contributed by atoms with E-state index in [9.17, 15) is 4.79 Å². The second-order valence-corrected chi connectivity index (χ2v) is 4.31. The van der Waals surface area contributed by atoms with Crippen LogP contribution in [0.15, 0.2) is 6.20 Å². The van der Waals surface area contributed by atoms with E-state index in [1.807, 2.05) is 13.8 Å². The molecule has 1 heterocycles. The average Bonchev–Trinajstić information content (AvgIpc) is 2.53. The number of aryl methyl sites for hydroxylation is 2. The molecular weight excluding hydrogens is 206 g/mol. The van der Waals surface area contributed by atoms with Crippen LogP contribution in [0.3, 0.4) is 0 Å². The van der Waals surface area contributed by atoms with E-state index in [1.54, 1.807) is 24.9 Å². The smallest absolute Gasteiger partial charge is 0.255 e. The number of amides is 1. The van der Waals surface area contributed by atoms with Gasteiger partial charge in [0.2, 0.25) is 0 Å². The van der Waals surface area contributed by atoms with Crippen molar-refractivity contribution in [3.8, 4) is 0 Å². The molecule has 5 nitrogen and oxygen atoms in total. The molecule has 1 aromatic heterocycles. The standard InChI is InChI=1S/C11H19N3O2/c1-7(2)10(6-15)12-11(16)9-5-14(4)13-8(9)3/h5,7,10,15H,6H2,1-4H3,(H,12,16)/t10-/m1/s1. The van der Waals surface area contributed by atoms with Gasteiger partial charge in [0.15, 0.2) is 0 Å². The van der Waals surface area contributed by atoms with Crippen LogP contribution in [0.2, 0.25) is 0 Å². The molecule has 0 fully saturated rings. The van der Waals surface area contributed by atoms with Crippen molar-refractivity contribution in [2.45, 2.75) is 26.8 Å². The van der Waals surface area contributed by atoms with Crippen LogP contribution in [0.5, 0.6) is 0 Å². The Balaban J connectivity index is 2.75. The second kappa shape index (κ2) is 5.12. The van der Waals surface area contributed by atoms with Crippen molar-refractivity contribution in [1.82, 2.24) is 15.1 Å². The van der Waals surface area contributed by atoms with E-state index in [4.69, 9.17) is 5.11 Å². The molecule has 0 bridgehead atoms. The topological polar surface area (TPSA) is 67.2 Å². The van der Waals surface area contributed by atoms with Gasteiger partial charge in [0.1, 0.15) is 0 Å². The van der Waals surface area contributed by atoms with Crippen LogP contribution in [0.1, 0.15) is 29.9 Å². The van der Waals surface area contributed by atoms with Crippen LogP contribution < -0.4 is 5.32 Å². The third-order valence-electron chi connectivity index (χ3n) is 2.58. The summed E-state index contributed by atoms with van der Waals surface area (Å²) in [5, 5.41) is 16.0. The summed E-state index contributed by atoms with van der Waals surface area (Å²) in [5.41, 5.74) is 1.25. The summed E-state index contributed by atoms with van der Waals surface area (Å²) < 4.78 is 1.60. The molecule has 0 radical (unpaired) electrons. The van der Waals surface area contributed by atoms with Gasteiger partial charge < -0.3 is 10.4 Å². The first-order chi connectivity index (χ1) is 7.45. The Hall–Kier alpha value is -1.36. The van der Waals surface area contributed by atoms with Crippen molar-refractivity contribution in [2.24, 2.45) is 13.0 Å². The highest BCUT2D eigenvalue weighted by Crippen LogP contribution is 2.07.